The second-order valence-electron chi connectivity index (χ2n) is 5.37. The molecule has 3 N–H and O–H groups in total. The Morgan fingerprint density at radius 2 is 2.14 bits per heavy atom. The molecule has 21 heavy (non-hydrogen) atoms. The Labute approximate surface area is 122 Å². The van der Waals surface area contributed by atoms with Crippen molar-refractivity contribution in [1.29, 1.82) is 0 Å². The second kappa shape index (κ2) is 6.21. The molecule has 1 aromatic heterocycles. The first-order valence-corrected chi connectivity index (χ1v) is 7.16. The fraction of sp³-hybridized carbons (Fsp3) is 0.692. The topological polar surface area (TPSA) is 109 Å². The summed E-state index contributed by atoms with van der Waals surface area (Å²) in [5.41, 5.74) is -0.711. The minimum Gasteiger partial charge on any atom is -0.481 e. The highest BCUT2D eigenvalue weighted by atomic mass is 16.4. The number of carbonyl (C=O) groups excluding carboxylic acids is 1. The predicted octanol–water partition coefficient (Wildman–Crippen LogP) is 0.0432. The van der Waals surface area contributed by atoms with Crippen LogP contribution in [0, 0.1) is 5.41 Å². The van der Waals surface area contributed by atoms with Gasteiger partial charge in [0.15, 0.2) is 5.69 Å². The fourth-order valence-corrected chi connectivity index (χ4v) is 2.24. The van der Waals surface area contributed by atoms with Gasteiger partial charge in [-0.25, -0.2) is 4.68 Å². The number of carboxylic acid groups (broad SMARTS) is 1. The molecule has 1 aliphatic heterocycles. The van der Waals surface area contributed by atoms with Crippen molar-refractivity contribution in [2.45, 2.75) is 32.7 Å². The van der Waals surface area contributed by atoms with E-state index in [-0.39, 0.29) is 24.2 Å². The zero-order valence-corrected chi connectivity index (χ0v) is 12.3. The number of hydrogen-bond donors (Lipinski definition) is 3. The summed E-state index contributed by atoms with van der Waals surface area (Å²) in [6.07, 6.45) is 2.51. The van der Waals surface area contributed by atoms with Crippen LogP contribution in [0.2, 0.25) is 0 Å². The van der Waals surface area contributed by atoms with E-state index in [2.05, 4.69) is 20.9 Å². The van der Waals surface area contributed by atoms with Crippen LogP contribution in [0.3, 0.4) is 0 Å². The number of carbonyl (C=O) groups is 2. The number of amides is 1. The van der Waals surface area contributed by atoms with Crippen molar-refractivity contribution in [3.05, 3.63) is 11.9 Å². The normalized spacial score (nSPS) is 15.5. The van der Waals surface area contributed by atoms with Gasteiger partial charge >= 0.3 is 5.97 Å². The van der Waals surface area contributed by atoms with Gasteiger partial charge in [0.25, 0.3) is 5.91 Å². The summed E-state index contributed by atoms with van der Waals surface area (Å²) in [7, 11) is 0. The number of nitrogens with zero attached hydrogens (tertiary/aromatic N) is 3. The molecule has 0 radical (unpaired) electrons. The van der Waals surface area contributed by atoms with Crippen molar-refractivity contribution < 1.29 is 14.7 Å². The van der Waals surface area contributed by atoms with Crippen LogP contribution in [0.4, 0.5) is 0 Å². The van der Waals surface area contributed by atoms with Crippen LogP contribution in [0.25, 0.3) is 0 Å². The van der Waals surface area contributed by atoms with Crippen molar-refractivity contribution in [3.8, 4) is 0 Å². The van der Waals surface area contributed by atoms with Gasteiger partial charge in [-0.15, -0.1) is 5.10 Å². The highest BCUT2D eigenvalue weighted by Gasteiger charge is 2.35. The average molecular weight is 295 g/mol. The van der Waals surface area contributed by atoms with Crippen LogP contribution in [-0.2, 0) is 4.79 Å². The molecular weight excluding hydrogens is 274 g/mol. The van der Waals surface area contributed by atoms with Crippen LogP contribution < -0.4 is 10.6 Å². The van der Waals surface area contributed by atoms with Crippen LogP contribution in [0.1, 0.15) is 43.2 Å². The lowest BCUT2D eigenvalue weighted by molar-refractivity contribution is -0.149. The minimum atomic E-state index is -0.927. The molecule has 2 rings (SSSR count). The zero-order valence-electron chi connectivity index (χ0n) is 12.3. The molecule has 8 nitrogen and oxygen atoms in total. The monoisotopic (exact) mass is 295 g/mol. The Morgan fingerprint density at radius 1 is 1.48 bits per heavy atom. The molecule has 1 aromatic rings. The molecule has 0 spiro atoms. The molecule has 0 unspecified atom stereocenters. The molecule has 1 amide bonds. The Bertz CT molecular complexity index is 520. The van der Waals surface area contributed by atoms with Crippen LogP contribution >= 0.6 is 0 Å². The molecule has 0 saturated carbocycles. The van der Waals surface area contributed by atoms with Crippen molar-refractivity contribution in [2.24, 2.45) is 5.41 Å². The smallest absolute Gasteiger partial charge is 0.311 e. The molecule has 116 valence electrons. The van der Waals surface area contributed by atoms with E-state index in [1.807, 2.05) is 13.8 Å². The first-order valence-electron chi connectivity index (χ1n) is 7.16. The lowest BCUT2D eigenvalue weighted by Gasteiger charge is -2.26. The third kappa shape index (κ3) is 3.05. The van der Waals surface area contributed by atoms with E-state index in [1.165, 1.54) is 0 Å². The van der Waals surface area contributed by atoms with E-state index in [9.17, 15) is 14.7 Å². The van der Waals surface area contributed by atoms with Gasteiger partial charge in [-0.05, 0) is 12.8 Å². The van der Waals surface area contributed by atoms with E-state index in [1.54, 1.807) is 10.9 Å². The van der Waals surface area contributed by atoms with Gasteiger partial charge in [0.1, 0.15) is 0 Å². The van der Waals surface area contributed by atoms with Gasteiger partial charge in [0, 0.05) is 19.6 Å². The maximum Gasteiger partial charge on any atom is 0.311 e. The maximum absolute atomic E-state index is 12.1. The molecule has 8 heteroatoms. The van der Waals surface area contributed by atoms with Gasteiger partial charge in [0.05, 0.1) is 17.7 Å². The Morgan fingerprint density at radius 3 is 2.62 bits per heavy atom. The van der Waals surface area contributed by atoms with E-state index in [0.29, 0.717) is 12.8 Å². The molecule has 0 bridgehead atoms. The first-order chi connectivity index (χ1) is 10.0. The third-order valence-corrected chi connectivity index (χ3v) is 4.27. The summed E-state index contributed by atoms with van der Waals surface area (Å²) in [6.45, 7) is 5.34. The van der Waals surface area contributed by atoms with Crippen LogP contribution in [0.5, 0.6) is 0 Å². The third-order valence-electron chi connectivity index (χ3n) is 4.27. The molecule has 1 aliphatic rings. The van der Waals surface area contributed by atoms with Gasteiger partial charge in [-0.2, -0.15) is 0 Å². The molecular formula is C13H21N5O3. The minimum absolute atomic E-state index is 0.0893. The summed E-state index contributed by atoms with van der Waals surface area (Å²) >= 11 is 0. The van der Waals surface area contributed by atoms with Crippen molar-refractivity contribution >= 4 is 11.9 Å². The van der Waals surface area contributed by atoms with E-state index in [0.717, 1.165) is 13.1 Å². The Kier molecular flexibility index (Phi) is 4.56. The lowest BCUT2D eigenvalue weighted by atomic mass is 9.82. The summed E-state index contributed by atoms with van der Waals surface area (Å²) in [6, 6.07) is 0.239. The molecule has 0 aromatic carbocycles. The maximum atomic E-state index is 12.1. The number of carboxylic acids is 1. The Balaban J connectivity index is 1.97. The van der Waals surface area contributed by atoms with Crippen molar-refractivity contribution in [2.75, 3.05) is 19.6 Å². The molecule has 0 aliphatic carbocycles. The summed E-state index contributed by atoms with van der Waals surface area (Å²) in [5.74, 6) is -1.28. The van der Waals surface area contributed by atoms with E-state index < -0.39 is 11.4 Å². The number of hydrogen-bond acceptors (Lipinski definition) is 5. The fourth-order valence-electron chi connectivity index (χ4n) is 2.24. The van der Waals surface area contributed by atoms with Crippen molar-refractivity contribution in [1.82, 2.24) is 25.6 Å². The highest BCUT2D eigenvalue weighted by Crippen LogP contribution is 2.25. The number of rotatable bonds is 7. The van der Waals surface area contributed by atoms with Gasteiger partial charge in [-0.1, -0.05) is 19.1 Å². The predicted molar refractivity (Wildman–Crippen MR) is 74.9 cm³/mol. The number of aliphatic carboxylic acids is 1. The summed E-state index contributed by atoms with van der Waals surface area (Å²) in [4.78, 5) is 23.4. The lowest BCUT2D eigenvalue weighted by Crippen LogP contribution is -2.43. The molecule has 1 saturated heterocycles. The Hall–Kier alpha value is -1.96. The second-order valence-corrected chi connectivity index (χ2v) is 5.37. The van der Waals surface area contributed by atoms with E-state index >= 15 is 0 Å². The van der Waals surface area contributed by atoms with Crippen LogP contribution in [-0.4, -0.2) is 51.6 Å². The molecule has 2 heterocycles. The quantitative estimate of drug-likeness (QED) is 0.655. The van der Waals surface area contributed by atoms with Gasteiger partial charge in [-0.3, -0.25) is 9.59 Å². The summed E-state index contributed by atoms with van der Waals surface area (Å²) < 4.78 is 1.66. The van der Waals surface area contributed by atoms with Gasteiger partial charge in [0.2, 0.25) is 0 Å². The largest absolute Gasteiger partial charge is 0.481 e. The SMILES string of the molecule is CCC(CC)(CNC(=O)c1cn(C2CNC2)nn1)C(=O)O. The first kappa shape index (κ1) is 15.4. The van der Waals surface area contributed by atoms with Crippen molar-refractivity contribution in [3.63, 3.8) is 0 Å². The highest BCUT2D eigenvalue weighted by molar-refractivity contribution is 5.92. The molecule has 1 fully saturated rings. The van der Waals surface area contributed by atoms with Gasteiger partial charge < -0.3 is 15.7 Å². The average Bonchev–Trinajstić information content (AvgIpc) is 2.87. The standard InChI is InChI=1S/C13H21N5O3/c1-3-13(4-2,12(20)21)8-15-11(19)10-7-18(17-16-10)9-5-14-6-9/h7,9,14H,3-6,8H2,1-2H3,(H,15,19)(H,20,21). The summed E-state index contributed by atoms with van der Waals surface area (Å²) in [5, 5.41) is 22.9. The zero-order chi connectivity index (χ0) is 15.5. The number of aromatic nitrogens is 3. The molecule has 0 atom stereocenters. The number of nitrogens with one attached hydrogen (secondary N) is 2. The van der Waals surface area contributed by atoms with E-state index in [4.69, 9.17) is 0 Å². The van der Waals surface area contributed by atoms with Crippen LogP contribution in [0.15, 0.2) is 6.20 Å².